The van der Waals surface area contributed by atoms with E-state index in [2.05, 4.69) is 119 Å². The van der Waals surface area contributed by atoms with Gasteiger partial charge in [0.25, 0.3) is 0 Å². The zero-order valence-corrected chi connectivity index (χ0v) is 22.8. The fourth-order valence-electron chi connectivity index (χ4n) is 4.58. The number of hydrogen-bond donors (Lipinski definition) is 0. The van der Waals surface area contributed by atoms with Crippen LogP contribution in [0, 0.1) is 6.42 Å². The van der Waals surface area contributed by atoms with Crippen LogP contribution in [0.5, 0.6) is 0 Å². The van der Waals surface area contributed by atoms with E-state index in [0.717, 1.165) is 6.42 Å². The van der Waals surface area contributed by atoms with E-state index in [-0.39, 0.29) is 0 Å². The minimum atomic E-state index is -1.44. The number of benzene rings is 3. The normalized spacial score (nSPS) is 13.8. The lowest BCUT2D eigenvalue weighted by molar-refractivity contribution is 0.923. The molecule has 0 heterocycles. The van der Waals surface area contributed by atoms with Gasteiger partial charge in [0.1, 0.15) is 0 Å². The molecule has 1 aliphatic rings. The maximum atomic E-state index is 2.54. The van der Waals surface area contributed by atoms with Crippen LogP contribution in [0.2, 0.25) is 39.3 Å². The number of fused-ring (bicyclic) bond motifs is 1. The van der Waals surface area contributed by atoms with Crippen LogP contribution in [-0.2, 0) is 6.42 Å². The Hall–Kier alpha value is -2.17. The molecule has 3 aromatic rings. The van der Waals surface area contributed by atoms with Crippen molar-refractivity contribution < 1.29 is 0 Å². The molecule has 0 N–H and O–H groups in total. The third kappa shape index (κ3) is 4.62. The Kier molecular flexibility index (Phi) is 6.22. The average molecular weight is 454 g/mol. The molecule has 165 valence electrons. The predicted octanol–water partition coefficient (Wildman–Crippen LogP) is 7.50. The van der Waals surface area contributed by atoms with Gasteiger partial charge in [0.05, 0.1) is 16.1 Å². The Bertz CT molecular complexity index is 1120. The maximum absolute atomic E-state index is 2.54. The second-order valence-corrected chi connectivity index (χ2v) is 21.4. The van der Waals surface area contributed by atoms with Crippen molar-refractivity contribution >= 4 is 38.2 Å². The van der Waals surface area contributed by atoms with Gasteiger partial charge in [0, 0.05) is 6.42 Å². The number of hydrogen-bond acceptors (Lipinski definition) is 0. The molecule has 0 unspecified atom stereocenters. The Morgan fingerprint density at radius 1 is 0.688 bits per heavy atom. The van der Waals surface area contributed by atoms with Gasteiger partial charge in [-0.1, -0.05) is 124 Å². The van der Waals surface area contributed by atoms with Crippen LogP contribution in [0.15, 0.2) is 60.7 Å². The Balaban J connectivity index is 1.97. The van der Waals surface area contributed by atoms with Gasteiger partial charge in [0.15, 0.2) is 0 Å². The minimum Gasteiger partial charge on any atom is -0.0656 e. The molecule has 2 heteroatoms. The summed E-state index contributed by atoms with van der Waals surface area (Å²) in [5, 5.41) is 3.17. The first kappa shape index (κ1) is 23.0. The van der Waals surface area contributed by atoms with Crippen molar-refractivity contribution in [2.45, 2.75) is 59.0 Å². The number of aryl methyl sites for hydroxylation is 1. The van der Waals surface area contributed by atoms with Crippen LogP contribution >= 0.6 is 0 Å². The van der Waals surface area contributed by atoms with Gasteiger partial charge in [0.2, 0.25) is 0 Å². The van der Waals surface area contributed by atoms with Crippen molar-refractivity contribution in [2.24, 2.45) is 0 Å². The van der Waals surface area contributed by atoms with Crippen LogP contribution in [-0.4, -0.2) is 16.1 Å². The van der Waals surface area contributed by atoms with Gasteiger partial charge in [-0.05, 0) is 51.5 Å². The molecular formula is C30H37Si2. The van der Waals surface area contributed by atoms with Gasteiger partial charge >= 0.3 is 0 Å². The maximum Gasteiger partial charge on any atom is 0.0776 e. The van der Waals surface area contributed by atoms with Gasteiger partial charge < -0.3 is 0 Å². The first-order valence-corrected chi connectivity index (χ1v) is 19.0. The summed E-state index contributed by atoms with van der Waals surface area (Å²) in [6.07, 6.45) is 7.08. The first-order chi connectivity index (χ1) is 15.1. The van der Waals surface area contributed by atoms with Gasteiger partial charge in [-0.15, -0.1) is 0 Å². The summed E-state index contributed by atoms with van der Waals surface area (Å²) in [6, 6.07) is 23.1. The minimum absolute atomic E-state index is 1.12. The van der Waals surface area contributed by atoms with E-state index in [4.69, 9.17) is 0 Å². The van der Waals surface area contributed by atoms with E-state index < -0.39 is 16.1 Å². The van der Waals surface area contributed by atoms with Gasteiger partial charge in [-0.2, -0.15) is 0 Å². The number of allylic oxidation sites excluding steroid dienone is 1. The monoisotopic (exact) mass is 453 g/mol. The smallest absolute Gasteiger partial charge is 0.0656 e. The standard InChI is InChI=1S/C30H37Si2/c1-8-12-23-15-16-24-17-25(22-13-10-9-11-14-22)20-29(24)30(23)26-18-27(31(2,3)4)21-28(19-26)32(5,6)7/h9-11,13-21H,8,12H2,1-7H3. The Labute approximate surface area is 197 Å². The summed E-state index contributed by atoms with van der Waals surface area (Å²) >= 11 is 0. The van der Waals surface area contributed by atoms with Crippen LogP contribution in [0.25, 0.3) is 22.8 Å². The summed E-state index contributed by atoms with van der Waals surface area (Å²) in [4.78, 5) is 0. The van der Waals surface area contributed by atoms with Crippen molar-refractivity contribution in [2.75, 3.05) is 0 Å². The zero-order chi connectivity index (χ0) is 23.1. The summed E-state index contributed by atoms with van der Waals surface area (Å²) in [5.41, 5.74) is 9.76. The average Bonchev–Trinajstić information content (AvgIpc) is 3.17. The highest BCUT2D eigenvalue weighted by Crippen LogP contribution is 2.41. The molecule has 0 aliphatic heterocycles. The molecule has 0 spiro atoms. The molecule has 0 amide bonds. The van der Waals surface area contributed by atoms with E-state index in [9.17, 15) is 0 Å². The van der Waals surface area contributed by atoms with Crippen LogP contribution in [0.3, 0.4) is 0 Å². The lowest BCUT2D eigenvalue weighted by Crippen LogP contribution is -2.45. The van der Waals surface area contributed by atoms with Crippen molar-refractivity contribution in [3.05, 3.63) is 89.3 Å². The fourth-order valence-corrected chi connectivity index (χ4v) is 7.08. The zero-order valence-electron chi connectivity index (χ0n) is 20.8. The molecule has 0 aromatic heterocycles. The predicted molar refractivity (Wildman–Crippen MR) is 150 cm³/mol. The highest BCUT2D eigenvalue weighted by Gasteiger charge is 2.26. The van der Waals surface area contributed by atoms with E-state index in [0.29, 0.717) is 0 Å². The molecule has 1 aliphatic carbocycles. The molecule has 4 rings (SSSR count). The van der Waals surface area contributed by atoms with E-state index in [1.165, 1.54) is 45.4 Å². The SMILES string of the molecule is CCCc1ccc2c(c1-c1cc([Si](C)(C)C)cc([Si](C)(C)C)c1)C=C(c1ccccc1)[CH]2. The van der Waals surface area contributed by atoms with Crippen molar-refractivity contribution in [1.29, 1.82) is 0 Å². The molecule has 0 fully saturated rings. The summed E-state index contributed by atoms with van der Waals surface area (Å²) in [6.45, 7) is 17.1. The third-order valence-electron chi connectivity index (χ3n) is 6.56. The van der Waals surface area contributed by atoms with E-state index >= 15 is 0 Å². The summed E-state index contributed by atoms with van der Waals surface area (Å²) < 4.78 is 0. The van der Waals surface area contributed by atoms with Crippen LogP contribution in [0.1, 0.15) is 35.6 Å². The Morgan fingerprint density at radius 3 is 1.88 bits per heavy atom. The van der Waals surface area contributed by atoms with Crippen molar-refractivity contribution in [3.8, 4) is 11.1 Å². The van der Waals surface area contributed by atoms with Crippen LogP contribution < -0.4 is 10.4 Å². The quantitative estimate of drug-likeness (QED) is 0.339. The molecule has 0 nitrogen and oxygen atoms in total. The summed E-state index contributed by atoms with van der Waals surface area (Å²) in [5.74, 6) is 0. The van der Waals surface area contributed by atoms with E-state index in [1.807, 2.05) is 0 Å². The summed E-state index contributed by atoms with van der Waals surface area (Å²) in [7, 11) is -2.87. The number of rotatable bonds is 6. The second-order valence-electron chi connectivity index (χ2n) is 11.3. The van der Waals surface area contributed by atoms with Crippen molar-refractivity contribution in [3.63, 3.8) is 0 Å². The van der Waals surface area contributed by atoms with E-state index in [1.54, 1.807) is 10.4 Å². The third-order valence-corrected chi connectivity index (χ3v) is 10.6. The first-order valence-electron chi connectivity index (χ1n) is 12.0. The molecule has 1 radical (unpaired) electrons. The molecule has 32 heavy (non-hydrogen) atoms. The van der Waals surface area contributed by atoms with Gasteiger partial charge in [-0.3, -0.25) is 0 Å². The van der Waals surface area contributed by atoms with Gasteiger partial charge in [-0.25, -0.2) is 0 Å². The molecule has 0 bridgehead atoms. The highest BCUT2D eigenvalue weighted by molar-refractivity contribution is 6.91. The molecular weight excluding hydrogens is 417 g/mol. The Morgan fingerprint density at radius 2 is 1.31 bits per heavy atom. The molecule has 0 saturated heterocycles. The fraction of sp³-hybridized carbons (Fsp3) is 0.300. The molecule has 0 saturated carbocycles. The largest absolute Gasteiger partial charge is 0.0776 e. The second kappa shape index (κ2) is 8.64. The van der Waals surface area contributed by atoms with Crippen LogP contribution in [0.4, 0.5) is 0 Å². The molecule has 0 atom stereocenters. The van der Waals surface area contributed by atoms with Crippen molar-refractivity contribution in [1.82, 2.24) is 0 Å². The lowest BCUT2D eigenvalue weighted by Gasteiger charge is -2.25. The lowest BCUT2D eigenvalue weighted by atomic mass is 9.90. The molecule has 3 aromatic carbocycles. The highest BCUT2D eigenvalue weighted by atomic mass is 28.3. The topological polar surface area (TPSA) is 0 Å².